The number of nitrogens with zero attached hydrogens (tertiary/aromatic N) is 1. The Hall–Kier alpha value is -1.45. The Morgan fingerprint density at radius 2 is 1.94 bits per heavy atom. The second-order valence-electron chi connectivity index (χ2n) is 3.77. The summed E-state index contributed by atoms with van der Waals surface area (Å²) in [7, 11) is 0. The summed E-state index contributed by atoms with van der Waals surface area (Å²) in [5, 5.41) is 0.845. The van der Waals surface area contributed by atoms with Crippen molar-refractivity contribution in [3.05, 3.63) is 52.3 Å². The van der Waals surface area contributed by atoms with Gasteiger partial charge in [0.25, 0.3) is 0 Å². The molecule has 0 amide bonds. The maximum absolute atomic E-state index is 6.01. The molecular weight excluding hydrogens is 271 g/mol. The third-order valence-corrected chi connectivity index (χ3v) is 2.94. The van der Waals surface area contributed by atoms with E-state index in [1.165, 1.54) is 0 Å². The Morgan fingerprint density at radius 1 is 1.22 bits per heavy atom. The average molecular weight is 283 g/mol. The molecule has 0 saturated heterocycles. The van der Waals surface area contributed by atoms with Crippen LogP contribution in [0.1, 0.15) is 5.56 Å². The predicted molar refractivity (Wildman–Crippen MR) is 74.3 cm³/mol. The van der Waals surface area contributed by atoms with Crippen molar-refractivity contribution in [3.8, 4) is 5.75 Å². The molecule has 3 nitrogen and oxygen atoms in total. The van der Waals surface area contributed by atoms with Gasteiger partial charge < -0.3 is 10.5 Å². The molecule has 5 heteroatoms. The molecule has 0 aliphatic heterocycles. The molecule has 18 heavy (non-hydrogen) atoms. The van der Waals surface area contributed by atoms with Crippen LogP contribution in [0.25, 0.3) is 0 Å². The van der Waals surface area contributed by atoms with Gasteiger partial charge in [0.2, 0.25) is 0 Å². The third kappa shape index (κ3) is 3.28. The van der Waals surface area contributed by atoms with E-state index < -0.39 is 0 Å². The molecule has 1 heterocycles. The van der Waals surface area contributed by atoms with Crippen LogP contribution < -0.4 is 10.5 Å². The van der Waals surface area contributed by atoms with Crippen LogP contribution in [0.4, 0.5) is 5.69 Å². The van der Waals surface area contributed by atoms with Gasteiger partial charge in [0.05, 0.1) is 16.7 Å². The molecule has 94 valence electrons. The van der Waals surface area contributed by atoms with E-state index in [0.29, 0.717) is 28.1 Å². The van der Waals surface area contributed by atoms with Gasteiger partial charge in [-0.15, -0.1) is 0 Å². The first-order valence-corrected chi connectivity index (χ1v) is 6.18. The second kappa shape index (κ2) is 5.94. The quantitative estimate of drug-likeness (QED) is 0.872. The van der Waals surface area contributed by atoms with Gasteiger partial charge in [0, 0.05) is 24.5 Å². The van der Waals surface area contributed by atoms with E-state index in [2.05, 4.69) is 4.98 Å². The van der Waals surface area contributed by atoms with Gasteiger partial charge in [-0.2, -0.15) is 0 Å². The van der Waals surface area contributed by atoms with E-state index in [1.807, 2.05) is 12.1 Å². The molecule has 0 radical (unpaired) electrons. The first-order chi connectivity index (χ1) is 8.66. The van der Waals surface area contributed by atoms with Crippen molar-refractivity contribution in [3.63, 3.8) is 0 Å². The molecule has 2 rings (SSSR count). The van der Waals surface area contributed by atoms with Crippen LogP contribution in [0.15, 0.2) is 36.7 Å². The zero-order chi connectivity index (χ0) is 13.0. The molecule has 0 atom stereocenters. The van der Waals surface area contributed by atoms with E-state index in [0.717, 1.165) is 12.0 Å². The largest absolute Gasteiger partial charge is 0.490 e. The van der Waals surface area contributed by atoms with Crippen LogP contribution >= 0.6 is 23.2 Å². The molecule has 0 aliphatic rings. The van der Waals surface area contributed by atoms with Gasteiger partial charge in [-0.1, -0.05) is 29.3 Å². The van der Waals surface area contributed by atoms with E-state index in [1.54, 1.807) is 24.5 Å². The summed E-state index contributed by atoms with van der Waals surface area (Å²) in [4.78, 5) is 4.03. The standard InChI is InChI=1S/C13H12Cl2N2O/c14-11-6-10(16)7-12(15)13(11)18-5-3-9-2-1-4-17-8-9/h1-2,4,6-8H,3,5,16H2. The highest BCUT2D eigenvalue weighted by atomic mass is 35.5. The summed E-state index contributed by atoms with van der Waals surface area (Å²) in [6.45, 7) is 0.481. The zero-order valence-corrected chi connectivity index (χ0v) is 11.1. The SMILES string of the molecule is Nc1cc(Cl)c(OCCc2cccnc2)c(Cl)c1. The highest BCUT2D eigenvalue weighted by Crippen LogP contribution is 2.35. The van der Waals surface area contributed by atoms with Crippen LogP contribution in [0, 0.1) is 0 Å². The van der Waals surface area contributed by atoms with Crippen molar-refractivity contribution < 1.29 is 4.74 Å². The molecule has 1 aromatic carbocycles. The summed E-state index contributed by atoms with van der Waals surface area (Å²) >= 11 is 12.0. The summed E-state index contributed by atoms with van der Waals surface area (Å²) in [6.07, 6.45) is 4.28. The summed E-state index contributed by atoms with van der Waals surface area (Å²) in [5.41, 5.74) is 7.23. The van der Waals surface area contributed by atoms with E-state index in [-0.39, 0.29) is 0 Å². The highest BCUT2D eigenvalue weighted by Gasteiger charge is 2.08. The number of benzene rings is 1. The summed E-state index contributed by atoms with van der Waals surface area (Å²) in [6, 6.07) is 7.11. The Kier molecular flexibility index (Phi) is 4.28. The fourth-order valence-electron chi connectivity index (χ4n) is 1.53. The predicted octanol–water partition coefficient (Wildman–Crippen LogP) is 3.59. The van der Waals surface area contributed by atoms with Crippen molar-refractivity contribution >= 4 is 28.9 Å². The monoisotopic (exact) mass is 282 g/mol. The number of ether oxygens (including phenoxy) is 1. The maximum Gasteiger partial charge on any atom is 0.156 e. The molecule has 0 aliphatic carbocycles. The van der Waals surface area contributed by atoms with Crippen molar-refractivity contribution in [2.75, 3.05) is 12.3 Å². The second-order valence-corrected chi connectivity index (χ2v) is 4.59. The van der Waals surface area contributed by atoms with Crippen LogP contribution in [0.2, 0.25) is 10.0 Å². The number of nitrogen functional groups attached to an aromatic ring is 1. The van der Waals surface area contributed by atoms with Crippen LogP contribution in [0.5, 0.6) is 5.75 Å². The smallest absolute Gasteiger partial charge is 0.156 e. The molecule has 0 spiro atoms. The Bertz CT molecular complexity index is 509. The fraction of sp³-hybridized carbons (Fsp3) is 0.154. The molecular formula is C13H12Cl2N2O. The van der Waals surface area contributed by atoms with E-state index in [9.17, 15) is 0 Å². The lowest BCUT2D eigenvalue weighted by Crippen LogP contribution is -2.02. The maximum atomic E-state index is 6.01. The number of aromatic nitrogens is 1. The number of hydrogen-bond donors (Lipinski definition) is 1. The molecule has 1 aromatic heterocycles. The van der Waals surface area contributed by atoms with Gasteiger partial charge in [0.1, 0.15) is 0 Å². The lowest BCUT2D eigenvalue weighted by atomic mass is 10.2. The fourth-order valence-corrected chi connectivity index (χ4v) is 2.15. The van der Waals surface area contributed by atoms with E-state index >= 15 is 0 Å². The third-order valence-electron chi connectivity index (χ3n) is 2.38. The van der Waals surface area contributed by atoms with Crippen molar-refractivity contribution in [2.24, 2.45) is 0 Å². The first kappa shape index (κ1) is 13.0. The number of nitrogens with two attached hydrogens (primary N) is 1. The van der Waals surface area contributed by atoms with Crippen LogP contribution in [-0.4, -0.2) is 11.6 Å². The molecule has 2 aromatic rings. The summed E-state index contributed by atoms with van der Waals surface area (Å²) in [5.74, 6) is 0.469. The Morgan fingerprint density at radius 3 is 2.56 bits per heavy atom. The lowest BCUT2D eigenvalue weighted by molar-refractivity contribution is 0.322. The normalized spacial score (nSPS) is 10.3. The van der Waals surface area contributed by atoms with E-state index in [4.69, 9.17) is 33.7 Å². The number of rotatable bonds is 4. The topological polar surface area (TPSA) is 48.1 Å². The van der Waals surface area contributed by atoms with Gasteiger partial charge in [-0.25, -0.2) is 0 Å². The average Bonchev–Trinajstić information content (AvgIpc) is 2.34. The van der Waals surface area contributed by atoms with Crippen molar-refractivity contribution in [2.45, 2.75) is 6.42 Å². The van der Waals surface area contributed by atoms with Crippen molar-refractivity contribution in [1.82, 2.24) is 4.98 Å². The molecule has 0 unspecified atom stereocenters. The van der Waals surface area contributed by atoms with Gasteiger partial charge in [-0.3, -0.25) is 4.98 Å². The minimum Gasteiger partial charge on any atom is -0.490 e. The Labute approximate surface area is 115 Å². The lowest BCUT2D eigenvalue weighted by Gasteiger charge is -2.10. The molecule has 0 bridgehead atoms. The minimum atomic E-state index is 0.422. The molecule has 0 fully saturated rings. The molecule has 2 N–H and O–H groups in total. The van der Waals surface area contributed by atoms with Crippen LogP contribution in [-0.2, 0) is 6.42 Å². The van der Waals surface area contributed by atoms with Gasteiger partial charge in [-0.05, 0) is 23.8 Å². The Balaban J connectivity index is 1.99. The first-order valence-electron chi connectivity index (χ1n) is 5.43. The van der Waals surface area contributed by atoms with Crippen molar-refractivity contribution in [1.29, 1.82) is 0 Å². The van der Waals surface area contributed by atoms with Gasteiger partial charge >= 0.3 is 0 Å². The number of halogens is 2. The number of anilines is 1. The van der Waals surface area contributed by atoms with Gasteiger partial charge in [0.15, 0.2) is 5.75 Å². The highest BCUT2D eigenvalue weighted by molar-refractivity contribution is 6.37. The number of pyridine rings is 1. The number of hydrogen-bond acceptors (Lipinski definition) is 3. The summed E-state index contributed by atoms with van der Waals surface area (Å²) < 4.78 is 5.58. The van der Waals surface area contributed by atoms with Crippen LogP contribution in [0.3, 0.4) is 0 Å². The molecule has 0 saturated carbocycles. The zero-order valence-electron chi connectivity index (χ0n) is 9.57. The minimum absolute atomic E-state index is 0.422.